The van der Waals surface area contributed by atoms with Crippen LogP contribution in [-0.2, 0) is 4.74 Å². The molecular weight excluding hydrogens is 338 g/mol. The topological polar surface area (TPSA) is 77.2 Å². The highest BCUT2D eigenvalue weighted by Gasteiger charge is 2.23. The maximum absolute atomic E-state index is 5.96. The van der Waals surface area contributed by atoms with Crippen molar-refractivity contribution in [2.45, 2.75) is 39.0 Å². The Hall–Kier alpha value is -2.57. The third-order valence-electron chi connectivity index (χ3n) is 4.80. The minimum Gasteiger partial charge on any atom is -0.372 e. The molecule has 1 fully saturated rings. The molecule has 6 nitrogen and oxygen atoms in total. The number of hydrogen-bond donors (Lipinski definition) is 1. The van der Waals surface area contributed by atoms with Crippen molar-refractivity contribution in [3.63, 3.8) is 0 Å². The van der Waals surface area contributed by atoms with Gasteiger partial charge in [0, 0.05) is 30.7 Å². The predicted octanol–water partition coefficient (Wildman–Crippen LogP) is 3.33. The van der Waals surface area contributed by atoms with Crippen molar-refractivity contribution in [1.29, 1.82) is 0 Å². The second-order valence-corrected chi connectivity index (χ2v) is 7.33. The molecule has 1 aliphatic rings. The fraction of sp³-hybridized carbons (Fsp3) is 0.381. The van der Waals surface area contributed by atoms with Crippen LogP contribution in [0.25, 0.3) is 22.3 Å². The molecule has 0 aromatic carbocycles. The van der Waals surface area contributed by atoms with E-state index in [2.05, 4.69) is 23.7 Å². The van der Waals surface area contributed by atoms with Crippen LogP contribution in [0.2, 0.25) is 0 Å². The number of pyridine rings is 3. The Balaban J connectivity index is 1.69. The van der Waals surface area contributed by atoms with Crippen LogP contribution in [-0.4, -0.2) is 40.2 Å². The van der Waals surface area contributed by atoms with Crippen molar-refractivity contribution in [3.8, 4) is 11.4 Å². The molecule has 4 heterocycles. The lowest BCUT2D eigenvalue weighted by atomic mass is 10.1. The summed E-state index contributed by atoms with van der Waals surface area (Å²) in [6.45, 7) is 7.81. The van der Waals surface area contributed by atoms with Gasteiger partial charge in [0.1, 0.15) is 5.82 Å². The van der Waals surface area contributed by atoms with Gasteiger partial charge in [0.05, 0.1) is 34.8 Å². The molecule has 0 amide bonds. The molecule has 0 radical (unpaired) electrons. The van der Waals surface area contributed by atoms with Gasteiger partial charge < -0.3 is 15.4 Å². The van der Waals surface area contributed by atoms with Crippen molar-refractivity contribution in [3.05, 3.63) is 48.3 Å². The van der Waals surface area contributed by atoms with Gasteiger partial charge >= 0.3 is 0 Å². The fourth-order valence-electron chi connectivity index (χ4n) is 3.53. The Morgan fingerprint density at radius 3 is 2.56 bits per heavy atom. The zero-order valence-electron chi connectivity index (χ0n) is 16.0. The highest BCUT2D eigenvalue weighted by Crippen LogP contribution is 2.24. The Bertz CT molecular complexity index is 948. The second kappa shape index (κ2) is 7.21. The van der Waals surface area contributed by atoms with E-state index in [9.17, 15) is 0 Å². The van der Waals surface area contributed by atoms with Gasteiger partial charge in [-0.15, -0.1) is 0 Å². The smallest absolute Gasteiger partial charge is 0.129 e. The van der Waals surface area contributed by atoms with Crippen molar-refractivity contribution < 1.29 is 4.74 Å². The van der Waals surface area contributed by atoms with Gasteiger partial charge in [-0.2, -0.15) is 0 Å². The zero-order valence-corrected chi connectivity index (χ0v) is 16.0. The highest BCUT2D eigenvalue weighted by molar-refractivity contribution is 5.80. The summed E-state index contributed by atoms with van der Waals surface area (Å²) in [4.78, 5) is 16.3. The number of anilines is 1. The summed E-state index contributed by atoms with van der Waals surface area (Å²) in [6.07, 6.45) is 2.22. The second-order valence-electron chi connectivity index (χ2n) is 7.33. The van der Waals surface area contributed by atoms with E-state index in [0.717, 1.165) is 46.9 Å². The van der Waals surface area contributed by atoms with Crippen molar-refractivity contribution in [2.75, 3.05) is 18.0 Å². The molecule has 0 spiro atoms. The van der Waals surface area contributed by atoms with Gasteiger partial charge in [0.15, 0.2) is 0 Å². The molecule has 1 unspecified atom stereocenters. The van der Waals surface area contributed by atoms with Crippen LogP contribution in [0.3, 0.4) is 0 Å². The van der Waals surface area contributed by atoms with E-state index >= 15 is 0 Å². The summed E-state index contributed by atoms with van der Waals surface area (Å²) in [5.41, 5.74) is 9.39. The van der Waals surface area contributed by atoms with Gasteiger partial charge in [0.25, 0.3) is 0 Å². The molecule has 3 atom stereocenters. The number of morpholine rings is 1. The van der Waals surface area contributed by atoms with Gasteiger partial charge in [-0.3, -0.25) is 4.98 Å². The molecule has 27 heavy (non-hydrogen) atoms. The van der Waals surface area contributed by atoms with E-state index in [0.29, 0.717) is 0 Å². The standard InChI is InChI=1S/C21H25N5O/c1-13-11-26(12-14(2)27-13)21-6-4-5-17(25-21)18-8-7-16-10-23-19(15(3)22)9-20(16)24-18/h4-10,13-15H,11-12,22H2,1-3H3/t13-,14+,15?. The van der Waals surface area contributed by atoms with Crippen LogP contribution in [0.5, 0.6) is 0 Å². The summed E-state index contributed by atoms with van der Waals surface area (Å²) in [5.74, 6) is 0.961. The summed E-state index contributed by atoms with van der Waals surface area (Å²) < 4.78 is 5.83. The first-order chi connectivity index (χ1) is 13.0. The van der Waals surface area contributed by atoms with E-state index in [1.807, 2.05) is 49.5 Å². The molecule has 1 aliphatic heterocycles. The normalized spacial score (nSPS) is 21.4. The van der Waals surface area contributed by atoms with Gasteiger partial charge in [-0.25, -0.2) is 9.97 Å². The first kappa shape index (κ1) is 17.8. The molecule has 0 bridgehead atoms. The Kier molecular flexibility index (Phi) is 4.76. The summed E-state index contributed by atoms with van der Waals surface area (Å²) in [6, 6.07) is 11.9. The molecule has 1 saturated heterocycles. The number of nitrogens with two attached hydrogens (primary N) is 1. The molecule has 2 N–H and O–H groups in total. The molecule has 3 aromatic heterocycles. The van der Waals surface area contributed by atoms with Crippen molar-refractivity contribution in [2.24, 2.45) is 5.73 Å². The largest absolute Gasteiger partial charge is 0.372 e. The summed E-state index contributed by atoms with van der Waals surface area (Å²) in [5, 5.41) is 0.995. The minimum atomic E-state index is -0.119. The number of fused-ring (bicyclic) bond motifs is 1. The van der Waals surface area contributed by atoms with E-state index in [4.69, 9.17) is 20.4 Å². The maximum atomic E-state index is 5.96. The molecular formula is C21H25N5O. The monoisotopic (exact) mass is 363 g/mol. The van der Waals surface area contributed by atoms with Crippen molar-refractivity contribution in [1.82, 2.24) is 15.0 Å². The third-order valence-corrected chi connectivity index (χ3v) is 4.80. The van der Waals surface area contributed by atoms with Crippen LogP contribution in [0, 0.1) is 0 Å². The van der Waals surface area contributed by atoms with E-state index in [-0.39, 0.29) is 18.2 Å². The highest BCUT2D eigenvalue weighted by atomic mass is 16.5. The number of nitrogens with zero attached hydrogens (tertiary/aromatic N) is 4. The predicted molar refractivity (Wildman–Crippen MR) is 108 cm³/mol. The molecule has 3 aromatic rings. The van der Waals surface area contributed by atoms with Crippen LogP contribution >= 0.6 is 0 Å². The molecule has 6 heteroatoms. The third kappa shape index (κ3) is 3.77. The van der Waals surface area contributed by atoms with Crippen molar-refractivity contribution >= 4 is 16.7 Å². The Morgan fingerprint density at radius 1 is 1.07 bits per heavy atom. The average Bonchev–Trinajstić information content (AvgIpc) is 2.66. The lowest BCUT2D eigenvalue weighted by Crippen LogP contribution is -2.45. The van der Waals surface area contributed by atoms with Gasteiger partial charge in [0.2, 0.25) is 0 Å². The number of rotatable bonds is 3. The maximum Gasteiger partial charge on any atom is 0.129 e. The molecule has 0 aliphatic carbocycles. The van der Waals surface area contributed by atoms with Crippen LogP contribution in [0.4, 0.5) is 5.82 Å². The van der Waals surface area contributed by atoms with E-state index < -0.39 is 0 Å². The van der Waals surface area contributed by atoms with E-state index in [1.54, 1.807) is 0 Å². The van der Waals surface area contributed by atoms with Crippen LogP contribution in [0.15, 0.2) is 42.6 Å². The molecule has 4 rings (SSSR count). The zero-order chi connectivity index (χ0) is 19.0. The SMILES string of the molecule is CC(N)c1cc2nc(-c3cccc(N4C[C@@H](C)O[C@@H](C)C4)n3)ccc2cn1. The van der Waals surface area contributed by atoms with Crippen LogP contribution < -0.4 is 10.6 Å². The Morgan fingerprint density at radius 2 is 1.81 bits per heavy atom. The number of aromatic nitrogens is 3. The van der Waals surface area contributed by atoms with Gasteiger partial charge in [-0.1, -0.05) is 6.07 Å². The Labute approximate surface area is 159 Å². The lowest BCUT2D eigenvalue weighted by Gasteiger charge is -2.36. The average molecular weight is 363 g/mol. The van der Waals surface area contributed by atoms with Crippen LogP contribution in [0.1, 0.15) is 32.5 Å². The quantitative estimate of drug-likeness (QED) is 0.769. The summed E-state index contributed by atoms with van der Waals surface area (Å²) >= 11 is 0. The van der Waals surface area contributed by atoms with Gasteiger partial charge in [-0.05, 0) is 51.1 Å². The number of ether oxygens (including phenoxy) is 1. The first-order valence-corrected chi connectivity index (χ1v) is 9.39. The lowest BCUT2D eigenvalue weighted by molar-refractivity contribution is -0.00545. The first-order valence-electron chi connectivity index (χ1n) is 9.39. The molecule has 140 valence electrons. The number of hydrogen-bond acceptors (Lipinski definition) is 6. The van der Waals surface area contributed by atoms with E-state index in [1.165, 1.54) is 0 Å². The fourth-order valence-corrected chi connectivity index (χ4v) is 3.53. The molecule has 0 saturated carbocycles. The minimum absolute atomic E-state index is 0.119. The summed E-state index contributed by atoms with van der Waals surface area (Å²) in [7, 11) is 0.